The Morgan fingerprint density at radius 1 is 1.42 bits per heavy atom. The molecule has 0 amide bonds. The molecule has 12 heavy (non-hydrogen) atoms. The van der Waals surface area contributed by atoms with Crippen molar-refractivity contribution in [3.05, 3.63) is 0 Å². The van der Waals surface area contributed by atoms with Crippen LogP contribution in [0.2, 0.25) is 0 Å². The summed E-state index contributed by atoms with van der Waals surface area (Å²) in [4.78, 5) is 0. The average molecular weight is 201 g/mol. The number of thioether (sulfide) groups is 2. The highest BCUT2D eigenvalue weighted by Crippen LogP contribution is 2.46. The third kappa shape index (κ3) is 1.75. The summed E-state index contributed by atoms with van der Waals surface area (Å²) >= 11 is 3.87. The highest BCUT2D eigenvalue weighted by atomic mass is 32.2. The third-order valence-corrected chi connectivity index (χ3v) is 5.20. The number of hydrogen-bond donors (Lipinski definition) is 0. The lowest BCUT2D eigenvalue weighted by atomic mass is 9.76. The van der Waals surface area contributed by atoms with Gasteiger partial charge in [-0.25, -0.2) is 0 Å². The van der Waals surface area contributed by atoms with Crippen molar-refractivity contribution in [1.29, 1.82) is 5.26 Å². The Hall–Kier alpha value is 0.190. The molecule has 68 valence electrons. The highest BCUT2D eigenvalue weighted by Gasteiger charge is 2.42. The molecule has 0 bridgehead atoms. The fraction of sp³-hybridized carbons (Fsp3) is 0.889. The lowest BCUT2D eigenvalue weighted by Crippen LogP contribution is -2.44. The van der Waals surface area contributed by atoms with Gasteiger partial charge in [-0.15, -0.1) is 0 Å². The van der Waals surface area contributed by atoms with Crippen LogP contribution >= 0.6 is 23.5 Å². The second-order valence-corrected chi connectivity index (χ2v) is 5.38. The van der Waals surface area contributed by atoms with Crippen LogP contribution in [-0.2, 0) is 0 Å². The van der Waals surface area contributed by atoms with Crippen LogP contribution < -0.4 is 0 Å². The lowest BCUT2D eigenvalue weighted by Gasteiger charge is -2.44. The van der Waals surface area contributed by atoms with Crippen LogP contribution in [0.4, 0.5) is 0 Å². The van der Waals surface area contributed by atoms with Gasteiger partial charge in [0.25, 0.3) is 0 Å². The Kier molecular flexibility index (Phi) is 3.79. The van der Waals surface area contributed by atoms with Gasteiger partial charge in [-0.05, 0) is 31.8 Å². The van der Waals surface area contributed by atoms with E-state index >= 15 is 0 Å². The van der Waals surface area contributed by atoms with Crippen molar-refractivity contribution in [3.8, 4) is 6.07 Å². The maximum absolute atomic E-state index is 8.78. The van der Waals surface area contributed by atoms with Crippen molar-refractivity contribution in [2.45, 2.75) is 23.8 Å². The number of rotatable bonds is 3. The molecule has 4 atom stereocenters. The first-order chi connectivity index (χ1) is 5.74. The Morgan fingerprint density at radius 2 is 2.08 bits per heavy atom. The fourth-order valence-corrected chi connectivity index (χ4v) is 4.42. The van der Waals surface area contributed by atoms with E-state index in [4.69, 9.17) is 5.26 Å². The molecular weight excluding hydrogens is 186 g/mol. The molecule has 1 rings (SSSR count). The second-order valence-electron chi connectivity index (χ2n) is 3.29. The van der Waals surface area contributed by atoms with Crippen molar-refractivity contribution in [1.82, 2.24) is 0 Å². The van der Waals surface area contributed by atoms with E-state index in [0.29, 0.717) is 5.92 Å². The van der Waals surface area contributed by atoms with Gasteiger partial charge in [0.1, 0.15) is 0 Å². The van der Waals surface area contributed by atoms with E-state index in [-0.39, 0.29) is 5.92 Å². The minimum atomic E-state index is 0.242. The zero-order valence-electron chi connectivity index (χ0n) is 7.78. The molecule has 0 aromatic heterocycles. The summed E-state index contributed by atoms with van der Waals surface area (Å²) < 4.78 is 0. The van der Waals surface area contributed by atoms with Gasteiger partial charge in [-0.2, -0.15) is 28.8 Å². The molecular formula is C9H15NS2. The van der Waals surface area contributed by atoms with Gasteiger partial charge in [0.05, 0.1) is 6.07 Å². The molecule has 0 aliphatic heterocycles. The Bertz CT molecular complexity index is 187. The second kappa shape index (κ2) is 4.43. The van der Waals surface area contributed by atoms with E-state index in [0.717, 1.165) is 10.5 Å². The smallest absolute Gasteiger partial charge is 0.0656 e. The van der Waals surface area contributed by atoms with Crippen LogP contribution in [0, 0.1) is 23.2 Å². The van der Waals surface area contributed by atoms with E-state index in [2.05, 4.69) is 18.6 Å². The maximum atomic E-state index is 8.78. The van der Waals surface area contributed by atoms with Gasteiger partial charge in [-0.3, -0.25) is 0 Å². The third-order valence-electron chi connectivity index (χ3n) is 2.71. The zero-order chi connectivity index (χ0) is 9.14. The summed E-state index contributed by atoms with van der Waals surface area (Å²) in [6.45, 7) is 2.05. The molecule has 1 aliphatic rings. The van der Waals surface area contributed by atoms with Gasteiger partial charge < -0.3 is 0 Å². The number of nitriles is 1. The van der Waals surface area contributed by atoms with Crippen LogP contribution in [0.5, 0.6) is 0 Å². The minimum Gasteiger partial charge on any atom is -0.198 e. The van der Waals surface area contributed by atoms with Gasteiger partial charge in [0.15, 0.2) is 0 Å². The van der Waals surface area contributed by atoms with Crippen molar-refractivity contribution in [3.63, 3.8) is 0 Å². The first-order valence-electron chi connectivity index (χ1n) is 4.19. The van der Waals surface area contributed by atoms with E-state index < -0.39 is 0 Å². The molecule has 1 nitrogen and oxygen atoms in total. The summed E-state index contributed by atoms with van der Waals surface area (Å²) in [7, 11) is 0. The summed E-state index contributed by atoms with van der Waals surface area (Å²) in [5, 5.41) is 10.3. The molecule has 0 aromatic carbocycles. The van der Waals surface area contributed by atoms with Gasteiger partial charge in [0, 0.05) is 16.4 Å². The van der Waals surface area contributed by atoms with Gasteiger partial charge >= 0.3 is 0 Å². The number of nitrogens with zero attached hydrogens (tertiary/aromatic N) is 1. The van der Waals surface area contributed by atoms with Crippen LogP contribution in [0.25, 0.3) is 0 Å². The largest absolute Gasteiger partial charge is 0.198 e. The first-order valence-corrected chi connectivity index (χ1v) is 6.77. The molecule has 0 N–H and O–H groups in total. The molecule has 0 saturated heterocycles. The van der Waals surface area contributed by atoms with Crippen molar-refractivity contribution < 1.29 is 0 Å². The zero-order valence-corrected chi connectivity index (χ0v) is 9.41. The Balaban J connectivity index is 2.46. The van der Waals surface area contributed by atoms with E-state index in [1.54, 1.807) is 0 Å². The Morgan fingerprint density at radius 3 is 2.50 bits per heavy atom. The highest BCUT2D eigenvalue weighted by molar-refractivity contribution is 8.03. The predicted molar refractivity (Wildman–Crippen MR) is 57.5 cm³/mol. The van der Waals surface area contributed by atoms with Crippen molar-refractivity contribution in [2.24, 2.45) is 11.8 Å². The quantitative estimate of drug-likeness (QED) is 0.701. The van der Waals surface area contributed by atoms with Crippen LogP contribution in [0.3, 0.4) is 0 Å². The monoisotopic (exact) mass is 201 g/mol. The normalized spacial score (nSPS) is 36.7. The molecule has 1 fully saturated rings. The molecule has 1 saturated carbocycles. The van der Waals surface area contributed by atoms with Crippen LogP contribution in [0.1, 0.15) is 13.3 Å². The maximum Gasteiger partial charge on any atom is 0.0656 e. The Labute approximate surface area is 83.3 Å². The van der Waals surface area contributed by atoms with Crippen LogP contribution in [0.15, 0.2) is 0 Å². The molecule has 0 heterocycles. The topological polar surface area (TPSA) is 23.8 Å². The molecule has 0 radical (unpaired) electrons. The fourth-order valence-electron chi connectivity index (χ4n) is 1.76. The molecule has 4 unspecified atom stereocenters. The molecule has 0 aromatic rings. The first kappa shape index (κ1) is 10.3. The lowest BCUT2D eigenvalue weighted by molar-refractivity contribution is 0.285. The summed E-state index contributed by atoms with van der Waals surface area (Å²) in [6, 6.07) is 2.35. The molecule has 3 heteroatoms. The van der Waals surface area contributed by atoms with E-state index in [9.17, 15) is 0 Å². The average Bonchev–Trinajstić information content (AvgIpc) is 2.04. The molecule has 0 spiro atoms. The van der Waals surface area contributed by atoms with Crippen molar-refractivity contribution >= 4 is 23.5 Å². The van der Waals surface area contributed by atoms with Crippen LogP contribution in [-0.4, -0.2) is 23.0 Å². The minimum absolute atomic E-state index is 0.242. The summed E-state index contributed by atoms with van der Waals surface area (Å²) in [5.74, 6) is 0.883. The standard InChI is InChI=1S/C9H15NS2/c1-6(5-10)7-4-8(11-2)9(7)12-3/h6-9H,4H2,1-3H3. The van der Waals surface area contributed by atoms with E-state index in [1.165, 1.54) is 6.42 Å². The van der Waals surface area contributed by atoms with E-state index in [1.807, 2.05) is 30.4 Å². The van der Waals surface area contributed by atoms with Gasteiger partial charge in [-0.1, -0.05) is 0 Å². The predicted octanol–water partition coefficient (Wildman–Crippen LogP) is 2.63. The molecule has 1 aliphatic carbocycles. The van der Waals surface area contributed by atoms with Gasteiger partial charge in [0.2, 0.25) is 0 Å². The number of hydrogen-bond acceptors (Lipinski definition) is 3. The van der Waals surface area contributed by atoms with Crippen molar-refractivity contribution in [2.75, 3.05) is 12.5 Å². The summed E-state index contributed by atoms with van der Waals surface area (Å²) in [5.41, 5.74) is 0. The summed E-state index contributed by atoms with van der Waals surface area (Å²) in [6.07, 6.45) is 5.56. The SMILES string of the molecule is CSC1CC(C(C)C#N)C1SC.